The zero-order valence-electron chi connectivity index (χ0n) is 15.5. The van der Waals surface area contributed by atoms with Crippen LogP contribution in [0.4, 0.5) is 5.82 Å². The lowest BCUT2D eigenvalue weighted by Crippen LogP contribution is -2.34. The molecule has 0 aliphatic carbocycles. The number of hydrogen-bond acceptors (Lipinski definition) is 4. The molecule has 1 aliphatic heterocycles. The summed E-state index contributed by atoms with van der Waals surface area (Å²) in [5.74, 6) is 0.606. The van der Waals surface area contributed by atoms with E-state index in [4.69, 9.17) is 11.6 Å². The number of anilines is 1. The van der Waals surface area contributed by atoms with E-state index in [9.17, 15) is 10.0 Å². The van der Waals surface area contributed by atoms with Crippen molar-refractivity contribution >= 4 is 28.3 Å². The summed E-state index contributed by atoms with van der Waals surface area (Å²) in [5, 5.41) is 11.5. The molecule has 1 aliphatic rings. The van der Waals surface area contributed by atoms with Crippen LogP contribution in [0, 0.1) is 0 Å². The van der Waals surface area contributed by atoms with Crippen LogP contribution in [0.15, 0.2) is 71.5 Å². The fourth-order valence-corrected chi connectivity index (χ4v) is 4.17. The Bertz CT molecular complexity index is 1300. The molecule has 0 saturated carbocycles. The van der Waals surface area contributed by atoms with Crippen molar-refractivity contribution in [2.24, 2.45) is 0 Å². The number of hydrogen-bond donors (Lipinski definition) is 1. The number of benzene rings is 3. The van der Waals surface area contributed by atoms with E-state index in [2.05, 4.69) is 28.1 Å². The molecule has 144 valence electrons. The van der Waals surface area contributed by atoms with Gasteiger partial charge < -0.3 is 10.1 Å². The number of nitrogens with zero attached hydrogens (tertiary/aromatic N) is 3. The smallest absolute Gasteiger partial charge is 0.382 e. The number of rotatable bonds is 2. The van der Waals surface area contributed by atoms with Crippen LogP contribution in [0.2, 0.25) is 5.02 Å². The van der Waals surface area contributed by atoms with Crippen molar-refractivity contribution in [2.75, 3.05) is 11.4 Å². The van der Waals surface area contributed by atoms with Crippen molar-refractivity contribution in [1.82, 2.24) is 9.71 Å². The first kappa shape index (κ1) is 17.8. The van der Waals surface area contributed by atoms with Gasteiger partial charge in [0.15, 0.2) is 0 Å². The predicted molar refractivity (Wildman–Crippen MR) is 115 cm³/mol. The first-order valence-corrected chi connectivity index (χ1v) is 9.82. The Morgan fingerprint density at radius 2 is 1.76 bits per heavy atom. The van der Waals surface area contributed by atoms with Gasteiger partial charge in [-0.25, -0.2) is 4.79 Å². The monoisotopic (exact) mass is 403 g/mol. The second kappa shape index (κ2) is 6.94. The summed E-state index contributed by atoms with van der Waals surface area (Å²) in [7, 11) is 0. The largest absolute Gasteiger partial charge is 0.424 e. The Kier molecular flexibility index (Phi) is 4.25. The van der Waals surface area contributed by atoms with E-state index < -0.39 is 5.69 Å². The van der Waals surface area contributed by atoms with Gasteiger partial charge in [0.05, 0.1) is 5.52 Å². The van der Waals surface area contributed by atoms with E-state index in [1.165, 1.54) is 11.1 Å². The van der Waals surface area contributed by atoms with Crippen LogP contribution in [0.25, 0.3) is 22.0 Å². The standard InChI is InChI=1S/C23H18ClN3O2/c24-19-5-3-4-16(13-19)17-9-8-15-10-11-26(14-18(15)12-17)22-20-6-1-2-7-21(20)27(29)23(28)25-22/h1-9,12-13,29H,10-11,14H2. The molecule has 0 radical (unpaired) electrons. The van der Waals surface area contributed by atoms with Crippen molar-refractivity contribution in [3.63, 3.8) is 0 Å². The molecule has 6 heteroatoms. The molecule has 1 N–H and O–H groups in total. The molecule has 0 atom stereocenters. The normalized spacial score (nSPS) is 13.5. The first-order valence-electron chi connectivity index (χ1n) is 9.44. The van der Waals surface area contributed by atoms with Gasteiger partial charge in [-0.05, 0) is 59.0 Å². The van der Waals surface area contributed by atoms with Gasteiger partial charge in [-0.15, -0.1) is 4.73 Å². The molecular formula is C23H18ClN3O2. The van der Waals surface area contributed by atoms with Crippen LogP contribution in [-0.4, -0.2) is 21.5 Å². The second-order valence-corrected chi connectivity index (χ2v) is 7.65. The molecule has 3 aromatic carbocycles. The SMILES string of the molecule is O=c1nc(N2CCc3ccc(-c4cccc(Cl)c4)cc3C2)c2ccccc2n1O. The van der Waals surface area contributed by atoms with Gasteiger partial charge in [0.2, 0.25) is 0 Å². The maximum atomic E-state index is 12.2. The molecule has 0 saturated heterocycles. The maximum absolute atomic E-state index is 12.2. The highest BCUT2D eigenvalue weighted by Gasteiger charge is 2.21. The molecule has 5 rings (SSSR count). The molecule has 0 spiro atoms. The fourth-order valence-electron chi connectivity index (χ4n) is 3.98. The lowest BCUT2D eigenvalue weighted by Gasteiger charge is -2.31. The van der Waals surface area contributed by atoms with Crippen LogP contribution >= 0.6 is 11.6 Å². The van der Waals surface area contributed by atoms with Crippen molar-refractivity contribution in [3.8, 4) is 11.1 Å². The van der Waals surface area contributed by atoms with E-state index in [0.29, 0.717) is 27.6 Å². The highest BCUT2D eigenvalue weighted by atomic mass is 35.5. The third kappa shape index (κ3) is 3.13. The van der Waals surface area contributed by atoms with Crippen LogP contribution in [-0.2, 0) is 13.0 Å². The summed E-state index contributed by atoms with van der Waals surface area (Å²) in [5.41, 5.74) is 4.47. The Hall–Kier alpha value is -3.31. The van der Waals surface area contributed by atoms with Crippen LogP contribution in [0.5, 0.6) is 0 Å². The summed E-state index contributed by atoms with van der Waals surface area (Å²) in [6, 6.07) is 21.6. The van der Waals surface area contributed by atoms with Crippen molar-refractivity contribution in [2.45, 2.75) is 13.0 Å². The van der Waals surface area contributed by atoms with E-state index >= 15 is 0 Å². The van der Waals surface area contributed by atoms with E-state index in [1.807, 2.05) is 36.4 Å². The Balaban J connectivity index is 1.56. The minimum atomic E-state index is -0.669. The highest BCUT2D eigenvalue weighted by Crippen LogP contribution is 2.31. The molecule has 0 fully saturated rings. The van der Waals surface area contributed by atoms with E-state index in [1.54, 1.807) is 12.1 Å². The van der Waals surface area contributed by atoms with Crippen molar-refractivity contribution < 1.29 is 5.21 Å². The average molecular weight is 404 g/mol. The number of aromatic nitrogens is 2. The van der Waals surface area contributed by atoms with E-state index in [0.717, 1.165) is 29.5 Å². The lowest BCUT2D eigenvalue weighted by atomic mass is 9.94. The molecule has 4 aromatic rings. The molecule has 0 unspecified atom stereocenters. The number of para-hydroxylation sites is 1. The molecule has 0 amide bonds. The van der Waals surface area contributed by atoms with Crippen molar-refractivity contribution in [3.05, 3.63) is 93.4 Å². The van der Waals surface area contributed by atoms with Gasteiger partial charge in [0.25, 0.3) is 0 Å². The second-order valence-electron chi connectivity index (χ2n) is 7.21. The molecule has 2 heterocycles. The topological polar surface area (TPSA) is 58.4 Å². The Morgan fingerprint density at radius 3 is 2.62 bits per heavy atom. The molecule has 5 nitrogen and oxygen atoms in total. The lowest BCUT2D eigenvalue weighted by molar-refractivity contribution is 0.184. The average Bonchev–Trinajstić information content (AvgIpc) is 2.75. The van der Waals surface area contributed by atoms with Crippen LogP contribution < -0.4 is 10.6 Å². The molecule has 0 bridgehead atoms. The van der Waals surface area contributed by atoms with Gasteiger partial charge in [-0.3, -0.25) is 0 Å². The molecular weight excluding hydrogens is 386 g/mol. The van der Waals surface area contributed by atoms with Gasteiger partial charge >= 0.3 is 5.69 Å². The Morgan fingerprint density at radius 1 is 0.931 bits per heavy atom. The van der Waals surface area contributed by atoms with E-state index in [-0.39, 0.29) is 0 Å². The number of halogens is 1. The third-order valence-electron chi connectivity index (χ3n) is 5.43. The third-order valence-corrected chi connectivity index (χ3v) is 5.67. The summed E-state index contributed by atoms with van der Waals surface area (Å²) in [6.07, 6.45) is 0.864. The molecule has 1 aromatic heterocycles. The minimum absolute atomic E-state index is 0.459. The van der Waals surface area contributed by atoms with Gasteiger partial charge in [0.1, 0.15) is 5.82 Å². The van der Waals surface area contributed by atoms with Crippen LogP contribution in [0.1, 0.15) is 11.1 Å². The predicted octanol–water partition coefficient (Wildman–Crippen LogP) is 4.52. The minimum Gasteiger partial charge on any atom is -0.424 e. The fraction of sp³-hybridized carbons (Fsp3) is 0.130. The zero-order valence-corrected chi connectivity index (χ0v) is 16.3. The quantitative estimate of drug-likeness (QED) is 0.500. The summed E-state index contributed by atoms with van der Waals surface area (Å²) in [4.78, 5) is 18.4. The van der Waals surface area contributed by atoms with Gasteiger partial charge in [-0.1, -0.05) is 48.0 Å². The first-order chi connectivity index (χ1) is 14.1. The number of fused-ring (bicyclic) bond motifs is 2. The highest BCUT2D eigenvalue weighted by molar-refractivity contribution is 6.30. The molecule has 29 heavy (non-hydrogen) atoms. The van der Waals surface area contributed by atoms with Crippen molar-refractivity contribution in [1.29, 1.82) is 0 Å². The van der Waals surface area contributed by atoms with Crippen LogP contribution in [0.3, 0.4) is 0 Å². The summed E-state index contributed by atoms with van der Waals surface area (Å²) in [6.45, 7) is 1.41. The summed E-state index contributed by atoms with van der Waals surface area (Å²) >= 11 is 6.16. The zero-order chi connectivity index (χ0) is 20.0. The van der Waals surface area contributed by atoms with Gasteiger partial charge in [0, 0.05) is 23.5 Å². The summed E-state index contributed by atoms with van der Waals surface area (Å²) < 4.78 is 0.605. The van der Waals surface area contributed by atoms with Gasteiger partial charge in [-0.2, -0.15) is 4.98 Å². The Labute approximate surface area is 172 Å². The maximum Gasteiger partial charge on any atom is 0.382 e.